The van der Waals surface area contributed by atoms with Gasteiger partial charge in [0.1, 0.15) is 10.0 Å². The van der Waals surface area contributed by atoms with Gasteiger partial charge in [-0.05, 0) is 44.9 Å². The fraction of sp³-hybridized carbons (Fsp3) is 0.727. The number of hydrogen-bond acceptors (Lipinski definition) is 10. The van der Waals surface area contributed by atoms with Crippen LogP contribution in [-0.2, 0) is 19.1 Å². The van der Waals surface area contributed by atoms with Gasteiger partial charge in [-0.25, -0.2) is 0 Å². The molecule has 184 valence electrons. The van der Waals surface area contributed by atoms with Crippen molar-refractivity contribution in [1.82, 2.24) is 20.4 Å². The van der Waals surface area contributed by atoms with Crippen LogP contribution in [0, 0.1) is 0 Å². The molecule has 0 aromatic carbocycles. The molecule has 0 spiro atoms. The first-order chi connectivity index (χ1) is 16.6. The summed E-state index contributed by atoms with van der Waals surface area (Å²) in [6, 6.07) is 0. The zero-order valence-electron chi connectivity index (χ0n) is 19.0. The van der Waals surface area contributed by atoms with Gasteiger partial charge in [0.2, 0.25) is 22.1 Å². The molecule has 2 N–H and O–H groups in total. The lowest BCUT2D eigenvalue weighted by Crippen LogP contribution is -2.19. The zero-order valence-corrected chi connectivity index (χ0v) is 20.7. The molecule has 1 aliphatic carbocycles. The lowest BCUT2D eigenvalue weighted by molar-refractivity contribution is -0.119. The fourth-order valence-corrected chi connectivity index (χ4v) is 6.72. The third-order valence-corrected chi connectivity index (χ3v) is 8.62. The van der Waals surface area contributed by atoms with Crippen molar-refractivity contribution >= 4 is 44.8 Å². The molecule has 2 aliphatic heterocycles. The molecule has 1 saturated carbocycles. The monoisotopic (exact) mass is 506 g/mol. The molecule has 0 bridgehead atoms. The first kappa shape index (κ1) is 23.7. The van der Waals surface area contributed by atoms with E-state index in [1.807, 2.05) is 0 Å². The van der Waals surface area contributed by atoms with Gasteiger partial charge in [0, 0.05) is 25.0 Å². The normalized spacial score (nSPS) is 27.1. The first-order valence-corrected chi connectivity index (χ1v) is 13.8. The number of anilines is 2. The van der Waals surface area contributed by atoms with Crippen LogP contribution < -0.4 is 10.6 Å². The molecular formula is C22H30N6O4S2. The van der Waals surface area contributed by atoms with E-state index in [9.17, 15) is 9.59 Å². The van der Waals surface area contributed by atoms with E-state index in [1.54, 1.807) is 0 Å². The number of nitrogens with zero attached hydrogens (tertiary/aromatic N) is 4. The number of rotatable bonds is 8. The van der Waals surface area contributed by atoms with Crippen LogP contribution in [-0.4, -0.2) is 57.6 Å². The number of amides is 2. The summed E-state index contributed by atoms with van der Waals surface area (Å²) in [4.78, 5) is 24.5. The number of carbonyl (C=O) groups excluding carboxylic acids is 2. The van der Waals surface area contributed by atoms with Gasteiger partial charge in [0.05, 0.1) is 25.0 Å². The van der Waals surface area contributed by atoms with E-state index in [2.05, 4.69) is 31.0 Å². The lowest BCUT2D eigenvalue weighted by atomic mass is 9.82. The second kappa shape index (κ2) is 11.1. The highest BCUT2D eigenvalue weighted by Crippen LogP contribution is 2.43. The molecule has 2 unspecified atom stereocenters. The standard InChI is InChI=1S/C22H30N6O4S2/c29-17(11-15-6-2-8-31-15)23-21-27-25-19(33-21)13-4-1-5-14(10-13)20-26-28-22(34-20)24-18(30)12-16-7-3-9-32-16/h13-16H,1-12H2,(H,23,27,29)(H,24,28,30)/t13-,14-,15?,16?/m0/s1. The van der Waals surface area contributed by atoms with Gasteiger partial charge in [0.25, 0.3) is 0 Å². The number of hydrogen-bond donors (Lipinski definition) is 2. The van der Waals surface area contributed by atoms with Crippen molar-refractivity contribution in [1.29, 1.82) is 0 Å². The Hall–Kier alpha value is -2.02. The van der Waals surface area contributed by atoms with Crippen molar-refractivity contribution in [3.63, 3.8) is 0 Å². The van der Waals surface area contributed by atoms with E-state index < -0.39 is 0 Å². The molecule has 10 nitrogen and oxygen atoms in total. The predicted molar refractivity (Wildman–Crippen MR) is 128 cm³/mol. The summed E-state index contributed by atoms with van der Waals surface area (Å²) in [6.07, 6.45) is 8.73. The summed E-state index contributed by atoms with van der Waals surface area (Å²) in [5.74, 6) is 0.418. The highest BCUT2D eigenvalue weighted by Gasteiger charge is 2.30. The zero-order chi connectivity index (χ0) is 23.3. The van der Waals surface area contributed by atoms with Crippen molar-refractivity contribution in [2.75, 3.05) is 23.8 Å². The second-order valence-electron chi connectivity index (χ2n) is 9.23. The number of carbonyl (C=O) groups is 2. The van der Waals surface area contributed by atoms with Crippen LogP contribution in [0.3, 0.4) is 0 Å². The maximum absolute atomic E-state index is 12.3. The molecule has 4 atom stereocenters. The number of ether oxygens (including phenoxy) is 2. The highest BCUT2D eigenvalue weighted by atomic mass is 32.1. The minimum absolute atomic E-state index is 0.0177. The topological polar surface area (TPSA) is 128 Å². The number of aromatic nitrogens is 4. The minimum Gasteiger partial charge on any atom is -0.378 e. The fourth-order valence-electron chi connectivity index (χ4n) is 4.90. The largest absolute Gasteiger partial charge is 0.378 e. The molecule has 2 aromatic rings. The van der Waals surface area contributed by atoms with Gasteiger partial charge >= 0.3 is 0 Å². The van der Waals surface area contributed by atoms with Crippen molar-refractivity contribution in [2.24, 2.45) is 0 Å². The predicted octanol–water partition coefficient (Wildman–Crippen LogP) is 3.85. The summed E-state index contributed by atoms with van der Waals surface area (Å²) < 4.78 is 11.1. The van der Waals surface area contributed by atoms with Gasteiger partial charge in [-0.2, -0.15) is 0 Å². The molecule has 34 heavy (non-hydrogen) atoms. The maximum atomic E-state index is 12.3. The Morgan fingerprint density at radius 3 is 1.68 bits per heavy atom. The van der Waals surface area contributed by atoms with Gasteiger partial charge in [-0.3, -0.25) is 9.59 Å². The van der Waals surface area contributed by atoms with Crippen molar-refractivity contribution in [3.8, 4) is 0 Å². The van der Waals surface area contributed by atoms with Gasteiger partial charge < -0.3 is 20.1 Å². The van der Waals surface area contributed by atoms with Crippen LogP contribution in [0.1, 0.15) is 86.1 Å². The minimum atomic E-state index is -0.0703. The Bertz CT molecular complexity index is 909. The summed E-state index contributed by atoms with van der Waals surface area (Å²) in [6.45, 7) is 1.48. The van der Waals surface area contributed by atoms with E-state index in [-0.39, 0.29) is 35.9 Å². The third-order valence-electron chi connectivity index (χ3n) is 6.62. The van der Waals surface area contributed by atoms with Crippen LogP contribution in [0.15, 0.2) is 0 Å². The molecule has 12 heteroatoms. The molecule has 5 rings (SSSR count). The molecule has 2 saturated heterocycles. The van der Waals surface area contributed by atoms with Gasteiger partial charge in [-0.15, -0.1) is 20.4 Å². The van der Waals surface area contributed by atoms with Crippen molar-refractivity contribution < 1.29 is 19.1 Å². The van der Waals surface area contributed by atoms with E-state index in [1.165, 1.54) is 22.7 Å². The maximum Gasteiger partial charge on any atom is 0.228 e. The van der Waals surface area contributed by atoms with Crippen molar-refractivity contribution in [2.45, 2.75) is 88.3 Å². The Morgan fingerprint density at radius 1 is 0.735 bits per heavy atom. The van der Waals surface area contributed by atoms with Crippen LogP contribution >= 0.6 is 22.7 Å². The van der Waals surface area contributed by atoms with Crippen LogP contribution in [0.25, 0.3) is 0 Å². The van der Waals surface area contributed by atoms with E-state index in [0.717, 1.165) is 74.6 Å². The average molecular weight is 507 g/mol. The molecule has 2 amide bonds. The first-order valence-electron chi connectivity index (χ1n) is 12.1. The summed E-state index contributed by atoms with van der Waals surface area (Å²) in [7, 11) is 0. The van der Waals surface area contributed by atoms with Crippen LogP contribution in [0.4, 0.5) is 10.3 Å². The Kier molecular flexibility index (Phi) is 7.77. The molecule has 0 radical (unpaired) electrons. The SMILES string of the molecule is O=C(CC1CCCO1)Nc1nnc([C@H]2CCC[C@H](c3nnc(NC(=O)CC4CCCO4)s3)C2)s1. The van der Waals surface area contributed by atoms with Gasteiger partial charge in [0.15, 0.2) is 0 Å². The highest BCUT2D eigenvalue weighted by molar-refractivity contribution is 7.15. The van der Waals surface area contributed by atoms with E-state index in [0.29, 0.717) is 23.1 Å². The molecule has 3 fully saturated rings. The Balaban J connectivity index is 1.13. The summed E-state index contributed by atoms with van der Waals surface area (Å²) in [5, 5.41) is 25.9. The van der Waals surface area contributed by atoms with Crippen LogP contribution in [0.5, 0.6) is 0 Å². The quantitative estimate of drug-likeness (QED) is 0.553. The molecule has 3 aliphatic rings. The summed E-state index contributed by atoms with van der Waals surface area (Å²) >= 11 is 2.91. The van der Waals surface area contributed by atoms with Gasteiger partial charge in [-0.1, -0.05) is 29.1 Å². The lowest BCUT2D eigenvalue weighted by Gasteiger charge is -2.25. The Labute approximate surface area is 206 Å². The third kappa shape index (κ3) is 6.15. The van der Waals surface area contributed by atoms with E-state index in [4.69, 9.17) is 9.47 Å². The second-order valence-corrected chi connectivity index (χ2v) is 11.2. The van der Waals surface area contributed by atoms with Crippen LogP contribution in [0.2, 0.25) is 0 Å². The van der Waals surface area contributed by atoms with E-state index >= 15 is 0 Å². The smallest absolute Gasteiger partial charge is 0.228 e. The Morgan fingerprint density at radius 2 is 1.24 bits per heavy atom. The number of nitrogens with one attached hydrogen (secondary N) is 2. The summed E-state index contributed by atoms with van der Waals surface area (Å²) in [5.41, 5.74) is 0. The molecule has 2 aromatic heterocycles. The van der Waals surface area contributed by atoms with Crippen molar-refractivity contribution in [3.05, 3.63) is 10.0 Å². The molecular weight excluding hydrogens is 476 g/mol. The molecule has 4 heterocycles. The average Bonchev–Trinajstić information content (AvgIpc) is 3.63.